The highest BCUT2D eigenvalue weighted by molar-refractivity contribution is 7.80. The Morgan fingerprint density at radius 2 is 1.76 bits per heavy atom. The highest BCUT2D eigenvalue weighted by Gasteiger charge is 2.16. The van der Waals surface area contributed by atoms with Gasteiger partial charge in [-0.2, -0.15) is 5.10 Å². The van der Waals surface area contributed by atoms with Gasteiger partial charge >= 0.3 is 0 Å². The van der Waals surface area contributed by atoms with Gasteiger partial charge < -0.3 is 11.1 Å². The topological polar surface area (TPSA) is 114 Å². The van der Waals surface area contributed by atoms with Crippen molar-refractivity contribution in [2.24, 2.45) is 10.8 Å². The van der Waals surface area contributed by atoms with E-state index in [4.69, 9.17) is 18.0 Å². The van der Waals surface area contributed by atoms with Crippen LogP contribution in [0.15, 0.2) is 65.8 Å². The van der Waals surface area contributed by atoms with E-state index in [1.807, 2.05) is 30.3 Å². The number of hydrogen-bond acceptors (Lipinski definition) is 5. The van der Waals surface area contributed by atoms with Crippen molar-refractivity contribution in [3.63, 3.8) is 0 Å². The largest absolute Gasteiger partial charge is 0.375 e. The number of ketones is 2. The van der Waals surface area contributed by atoms with Gasteiger partial charge in [-0.15, -0.1) is 0 Å². The zero-order chi connectivity index (χ0) is 21.2. The molecule has 29 heavy (non-hydrogen) atoms. The van der Waals surface area contributed by atoms with E-state index < -0.39 is 5.91 Å². The maximum atomic E-state index is 12.5. The predicted molar refractivity (Wildman–Crippen MR) is 122 cm³/mol. The van der Waals surface area contributed by atoms with Crippen LogP contribution in [0, 0.1) is 0 Å². The maximum Gasteiger partial charge on any atom is 0.272 e. The molecule has 2 aromatic rings. The molecular weight excluding hydrogens is 388 g/mol. The van der Waals surface area contributed by atoms with Gasteiger partial charge in [-0.05, 0) is 55.0 Å². The minimum Gasteiger partial charge on any atom is -0.375 e. The fourth-order valence-electron chi connectivity index (χ4n) is 2.26. The molecule has 0 saturated heterocycles. The second-order valence-electron chi connectivity index (χ2n) is 6.01. The Bertz CT molecular complexity index is 978. The number of amides is 1. The molecule has 0 aliphatic carbocycles. The van der Waals surface area contributed by atoms with Crippen molar-refractivity contribution in [2.45, 2.75) is 13.3 Å². The first kappa shape index (κ1) is 21.6. The van der Waals surface area contributed by atoms with Crippen molar-refractivity contribution in [2.75, 3.05) is 5.32 Å². The molecule has 2 rings (SSSR count). The molecule has 1 amide bonds. The third kappa shape index (κ3) is 7.47. The van der Waals surface area contributed by atoms with E-state index in [-0.39, 0.29) is 31.7 Å². The van der Waals surface area contributed by atoms with Crippen LogP contribution in [0.2, 0.25) is 0 Å². The molecule has 0 spiro atoms. The minimum absolute atomic E-state index is 0. The molecule has 0 unspecified atom stereocenters. The quantitative estimate of drug-likeness (QED) is 0.202. The minimum atomic E-state index is -0.592. The van der Waals surface area contributed by atoms with Gasteiger partial charge in [0.15, 0.2) is 16.7 Å². The first-order chi connectivity index (χ1) is 13.8. The first-order valence-corrected chi connectivity index (χ1v) is 9.06. The summed E-state index contributed by atoms with van der Waals surface area (Å²) >= 11 is 4.69. The average molecular weight is 413 g/mol. The third-order valence-electron chi connectivity index (χ3n) is 3.72. The van der Waals surface area contributed by atoms with Crippen molar-refractivity contribution >= 4 is 52.3 Å². The summed E-state index contributed by atoms with van der Waals surface area (Å²) in [5.41, 5.74) is 9.43. The summed E-state index contributed by atoms with van der Waals surface area (Å²) in [6, 6.07) is 15.6. The number of thiocarbonyl (C=S) groups is 1. The summed E-state index contributed by atoms with van der Waals surface area (Å²) in [6.07, 6.45) is 2.77. The Morgan fingerprint density at radius 1 is 1.10 bits per heavy atom. The number of rotatable bonds is 8. The molecule has 8 heteroatoms. The molecule has 0 aromatic heterocycles. The lowest BCUT2D eigenvalue weighted by molar-refractivity contribution is -0.115. The zero-order valence-electron chi connectivity index (χ0n) is 15.7. The van der Waals surface area contributed by atoms with Gasteiger partial charge in [0.2, 0.25) is 0 Å². The lowest BCUT2D eigenvalue weighted by atomic mass is 10.1. The second-order valence-corrected chi connectivity index (χ2v) is 6.45. The number of hydrazone groups is 1. The van der Waals surface area contributed by atoms with Gasteiger partial charge in [0.05, 0.1) is 6.42 Å². The number of nitrogens with zero attached hydrogens (tertiary/aromatic N) is 1. The van der Waals surface area contributed by atoms with Gasteiger partial charge in [-0.3, -0.25) is 19.8 Å². The molecule has 0 radical (unpaired) electrons. The zero-order valence-corrected chi connectivity index (χ0v) is 16.5. The Kier molecular flexibility index (Phi) is 7.93. The third-order valence-corrected chi connectivity index (χ3v) is 3.81. The summed E-state index contributed by atoms with van der Waals surface area (Å²) in [5, 5.41) is 6.34. The molecule has 0 saturated carbocycles. The van der Waals surface area contributed by atoms with Crippen LogP contribution < -0.4 is 16.5 Å². The van der Waals surface area contributed by atoms with Crippen molar-refractivity contribution in [1.82, 2.24) is 5.43 Å². The fraction of sp³-hybridized carbons (Fsp3) is 0.0952. The van der Waals surface area contributed by atoms with Gasteiger partial charge in [0.1, 0.15) is 5.71 Å². The SMILES string of the molecule is CC(=O)c1ccc(NC(=O)/C(CC(=O)/C=C/c2ccccc2)=N\NC(N)=S)cc1.[HH].[HH]. The van der Waals surface area contributed by atoms with Gasteiger partial charge in [0.25, 0.3) is 5.91 Å². The van der Waals surface area contributed by atoms with E-state index in [0.29, 0.717) is 11.3 Å². The van der Waals surface area contributed by atoms with E-state index in [0.717, 1.165) is 5.56 Å². The van der Waals surface area contributed by atoms with Crippen LogP contribution in [0.5, 0.6) is 0 Å². The van der Waals surface area contributed by atoms with Crippen molar-refractivity contribution < 1.29 is 17.2 Å². The molecule has 0 heterocycles. The summed E-state index contributed by atoms with van der Waals surface area (Å²) in [5.74, 6) is -0.994. The number of hydrogen-bond donors (Lipinski definition) is 3. The molecular formula is C21H24N4O3S. The van der Waals surface area contributed by atoms with Crippen molar-refractivity contribution in [1.29, 1.82) is 0 Å². The Hall–Kier alpha value is -3.65. The highest BCUT2D eigenvalue weighted by atomic mass is 32.1. The molecule has 4 N–H and O–H groups in total. The Morgan fingerprint density at radius 3 is 2.34 bits per heavy atom. The molecule has 0 aliphatic rings. The van der Waals surface area contributed by atoms with Crippen LogP contribution in [0.1, 0.15) is 32.1 Å². The number of carbonyl (C=O) groups is 3. The Balaban J connectivity index is 0.00000450. The lowest BCUT2D eigenvalue weighted by Gasteiger charge is -2.08. The van der Waals surface area contributed by atoms with Crippen molar-refractivity contribution in [3.8, 4) is 0 Å². The normalized spacial score (nSPS) is 11.1. The van der Waals surface area contributed by atoms with Gasteiger partial charge in [0, 0.05) is 14.1 Å². The van der Waals surface area contributed by atoms with E-state index in [9.17, 15) is 14.4 Å². The number of allylic oxidation sites excluding steroid dienone is 1. The summed E-state index contributed by atoms with van der Waals surface area (Å²) in [7, 11) is 0. The second kappa shape index (κ2) is 10.6. The monoisotopic (exact) mass is 412 g/mol. The number of benzene rings is 2. The number of Topliss-reactive ketones (excluding diaryl/α,β-unsaturated/α-hetero) is 1. The molecule has 7 nitrogen and oxygen atoms in total. The number of nitrogens with one attached hydrogen (secondary N) is 2. The summed E-state index contributed by atoms with van der Waals surface area (Å²) < 4.78 is 0. The molecule has 0 aliphatic heterocycles. The smallest absolute Gasteiger partial charge is 0.272 e. The average Bonchev–Trinajstić information content (AvgIpc) is 2.70. The molecule has 152 valence electrons. The molecule has 0 bridgehead atoms. The number of carbonyl (C=O) groups excluding carboxylic acids is 3. The number of nitrogens with two attached hydrogens (primary N) is 1. The van der Waals surface area contributed by atoms with Crippen molar-refractivity contribution in [3.05, 3.63) is 71.8 Å². The van der Waals surface area contributed by atoms with Crippen LogP contribution in [0.3, 0.4) is 0 Å². The summed E-state index contributed by atoms with van der Waals surface area (Å²) in [4.78, 5) is 36.2. The molecule has 2 aromatic carbocycles. The van der Waals surface area contributed by atoms with Crippen LogP contribution in [-0.4, -0.2) is 28.3 Å². The molecule has 0 fully saturated rings. The number of anilines is 1. The van der Waals surface area contributed by atoms with E-state index in [2.05, 4.69) is 15.8 Å². The lowest BCUT2D eigenvalue weighted by Crippen LogP contribution is -2.31. The fourth-order valence-corrected chi connectivity index (χ4v) is 2.31. The first-order valence-electron chi connectivity index (χ1n) is 8.65. The van der Waals surface area contributed by atoms with Crippen LogP contribution in [0.25, 0.3) is 6.08 Å². The predicted octanol–water partition coefficient (Wildman–Crippen LogP) is 3.18. The highest BCUT2D eigenvalue weighted by Crippen LogP contribution is 2.11. The van der Waals surface area contributed by atoms with Gasteiger partial charge in [-0.1, -0.05) is 36.4 Å². The maximum absolute atomic E-state index is 12.5. The van der Waals surface area contributed by atoms with Crippen LogP contribution in [0.4, 0.5) is 5.69 Å². The van der Waals surface area contributed by atoms with Gasteiger partial charge in [-0.25, -0.2) is 0 Å². The molecule has 0 atom stereocenters. The van der Waals surface area contributed by atoms with Crippen LogP contribution >= 0.6 is 12.2 Å². The Labute approximate surface area is 176 Å². The van der Waals surface area contributed by atoms with Crippen LogP contribution in [-0.2, 0) is 9.59 Å². The van der Waals surface area contributed by atoms with E-state index in [1.165, 1.54) is 13.0 Å². The standard InChI is InChI=1S/C21H20N4O3S.2H2/c1-14(26)16-8-10-17(11-9-16)23-20(28)19(24-25-21(22)29)13-18(27)12-7-15-5-3-2-4-6-15;;/h2-12H,13H2,1H3,(H,23,28)(H3,22,25,29);2*1H/b12-7+,24-19-;;. The summed E-state index contributed by atoms with van der Waals surface area (Å²) in [6.45, 7) is 1.45. The van der Waals surface area contributed by atoms with E-state index in [1.54, 1.807) is 30.3 Å². The van der Waals surface area contributed by atoms with E-state index >= 15 is 0 Å².